The van der Waals surface area contributed by atoms with E-state index in [-0.39, 0.29) is 35.5 Å². The van der Waals surface area contributed by atoms with Gasteiger partial charge in [0.15, 0.2) is 9.84 Å². The first-order chi connectivity index (χ1) is 22.9. The van der Waals surface area contributed by atoms with Gasteiger partial charge in [-0.3, -0.25) is 19.2 Å². The molecule has 0 aromatic rings. The van der Waals surface area contributed by atoms with E-state index in [1.165, 1.54) is 6.08 Å². The Morgan fingerprint density at radius 1 is 0.959 bits per heavy atom. The van der Waals surface area contributed by atoms with E-state index in [1.807, 2.05) is 0 Å². The zero-order chi connectivity index (χ0) is 36.2. The Kier molecular flexibility index (Phi) is 12.3. The van der Waals surface area contributed by atoms with Crippen molar-refractivity contribution in [3.63, 3.8) is 0 Å². The molecule has 5 amide bonds. The lowest BCUT2D eigenvalue weighted by Crippen LogP contribution is -2.62. The Morgan fingerprint density at radius 3 is 2.16 bits per heavy atom. The van der Waals surface area contributed by atoms with Crippen LogP contribution in [0.25, 0.3) is 0 Å². The molecule has 276 valence electrons. The molecule has 13 heteroatoms. The third-order valence-electron chi connectivity index (χ3n) is 11.5. The molecule has 0 unspecified atom stereocenters. The number of Topliss-reactive ketones (excluding diaryl/α,β-unsaturated/α-hetero) is 1. The molecule has 4 fully saturated rings. The molecule has 2 saturated carbocycles. The fourth-order valence-electron chi connectivity index (χ4n) is 8.16. The molecule has 0 radical (unpaired) electrons. The number of rotatable bonds is 8. The minimum absolute atomic E-state index is 0.0821. The number of sulfone groups is 1. The molecule has 2 aliphatic carbocycles. The Hall–Kier alpha value is -2.96. The molecule has 4 N–H and O–H groups in total. The third-order valence-corrected chi connectivity index (χ3v) is 14.3. The lowest BCUT2D eigenvalue weighted by molar-refractivity contribution is -0.144. The van der Waals surface area contributed by atoms with E-state index in [0.717, 1.165) is 44.9 Å². The van der Waals surface area contributed by atoms with Gasteiger partial charge in [0.1, 0.15) is 12.1 Å². The standard InChI is InChI=1S/C36H59N5O7S/c1-7-21-37-31(44)29(42)25-17-13-10-8-9-11-14-18-26(32(45)41-22-24-27(35(24,5)6)28(41)30(43)38-25)39-33(46)40-36(19-15-12-16-20-36)23-49(47,48)34(2,3)4/h7,24-28H,1,8-23H2,2-6H3,(H,37,44)(H,38,43)(H2,39,40,46)/t24-,25+,26+,27-,28-/m0/s1. The zero-order valence-electron chi connectivity index (χ0n) is 30.2. The van der Waals surface area contributed by atoms with Crippen LogP contribution in [0, 0.1) is 17.3 Å². The van der Waals surface area contributed by atoms with Gasteiger partial charge < -0.3 is 26.2 Å². The Morgan fingerprint density at radius 2 is 1.55 bits per heavy atom. The largest absolute Gasteiger partial charge is 0.346 e. The second-order valence-corrected chi connectivity index (χ2v) is 19.1. The van der Waals surface area contributed by atoms with Crippen molar-refractivity contribution in [1.29, 1.82) is 0 Å². The van der Waals surface area contributed by atoms with Gasteiger partial charge in [-0.25, -0.2) is 13.2 Å². The topological polar surface area (TPSA) is 171 Å². The number of urea groups is 1. The van der Waals surface area contributed by atoms with Crippen molar-refractivity contribution in [2.75, 3.05) is 18.8 Å². The minimum atomic E-state index is -3.55. The van der Waals surface area contributed by atoms with Gasteiger partial charge in [0.2, 0.25) is 17.6 Å². The number of nitrogens with one attached hydrogen (secondary N) is 4. The molecule has 0 aromatic carbocycles. The predicted octanol–water partition coefficient (Wildman–Crippen LogP) is 3.54. The van der Waals surface area contributed by atoms with Crippen LogP contribution >= 0.6 is 0 Å². The zero-order valence-corrected chi connectivity index (χ0v) is 31.0. The van der Waals surface area contributed by atoms with E-state index in [2.05, 4.69) is 41.7 Å². The molecular weight excluding hydrogens is 646 g/mol. The Bertz CT molecular complexity index is 1380. The second-order valence-electron chi connectivity index (χ2n) is 16.4. The van der Waals surface area contributed by atoms with Gasteiger partial charge in [-0.15, -0.1) is 6.58 Å². The highest BCUT2D eigenvalue weighted by molar-refractivity contribution is 7.92. The van der Waals surface area contributed by atoms with Gasteiger partial charge in [0.05, 0.1) is 22.1 Å². The van der Waals surface area contributed by atoms with Crippen LogP contribution in [0.15, 0.2) is 12.7 Å². The van der Waals surface area contributed by atoms with E-state index in [1.54, 1.807) is 25.7 Å². The number of hydrogen-bond acceptors (Lipinski definition) is 7. The van der Waals surface area contributed by atoms with Gasteiger partial charge in [0, 0.05) is 13.1 Å². The lowest BCUT2D eigenvalue weighted by Gasteiger charge is -2.40. The van der Waals surface area contributed by atoms with Crippen molar-refractivity contribution in [2.45, 2.75) is 147 Å². The molecule has 4 rings (SSSR count). The van der Waals surface area contributed by atoms with Gasteiger partial charge in [-0.1, -0.05) is 77.7 Å². The highest BCUT2D eigenvalue weighted by Crippen LogP contribution is 2.65. The van der Waals surface area contributed by atoms with E-state index >= 15 is 0 Å². The third kappa shape index (κ3) is 9.05. The molecule has 12 nitrogen and oxygen atoms in total. The highest BCUT2D eigenvalue weighted by atomic mass is 32.2. The lowest BCUT2D eigenvalue weighted by atomic mass is 9.83. The number of piperidine rings is 1. The first-order valence-corrected chi connectivity index (χ1v) is 19.9. The number of carbonyl (C=O) groups excluding carboxylic acids is 5. The van der Waals surface area contributed by atoms with Crippen LogP contribution in [0.5, 0.6) is 0 Å². The molecule has 0 bridgehead atoms. The summed E-state index contributed by atoms with van der Waals surface area (Å²) in [7, 11) is -3.55. The van der Waals surface area contributed by atoms with E-state index in [9.17, 15) is 32.4 Å². The molecule has 49 heavy (non-hydrogen) atoms. The van der Waals surface area contributed by atoms with Crippen LogP contribution in [0.1, 0.15) is 118 Å². The molecule has 2 aliphatic heterocycles. The fraction of sp³-hybridized carbons (Fsp3) is 0.806. The number of amides is 5. The van der Waals surface area contributed by atoms with E-state index < -0.39 is 61.9 Å². The summed E-state index contributed by atoms with van der Waals surface area (Å²) in [6.45, 7) is 13.2. The van der Waals surface area contributed by atoms with Crippen molar-refractivity contribution >= 4 is 39.4 Å². The molecular formula is C36H59N5O7S. The van der Waals surface area contributed by atoms with Crippen molar-refractivity contribution in [3.05, 3.63) is 12.7 Å². The van der Waals surface area contributed by atoms with Crippen LogP contribution in [0.4, 0.5) is 4.79 Å². The number of carbonyl (C=O) groups is 5. The quantitative estimate of drug-likeness (QED) is 0.221. The number of nitrogens with zero attached hydrogens (tertiary/aromatic N) is 1. The first kappa shape index (κ1) is 38.8. The van der Waals surface area contributed by atoms with Gasteiger partial charge >= 0.3 is 6.03 Å². The summed E-state index contributed by atoms with van der Waals surface area (Å²) in [4.78, 5) is 69.5. The van der Waals surface area contributed by atoms with Crippen LogP contribution in [-0.4, -0.2) is 90.1 Å². The number of ketones is 1. The van der Waals surface area contributed by atoms with Crippen LogP contribution in [0.3, 0.4) is 0 Å². The summed E-state index contributed by atoms with van der Waals surface area (Å²) in [6, 6.07) is -3.36. The van der Waals surface area contributed by atoms with Crippen molar-refractivity contribution < 1.29 is 32.4 Å². The van der Waals surface area contributed by atoms with Crippen LogP contribution in [0.2, 0.25) is 0 Å². The SMILES string of the molecule is C=CCNC(=O)C(=O)[C@H]1CCCCCCCC[C@@H](NC(=O)NC2(CS(=O)(=O)C(C)(C)C)CCCCC2)C(=O)N2C[C@H]3[C@@H]([C@H]2C(=O)N1)C3(C)C. The molecule has 2 saturated heterocycles. The molecule has 0 aromatic heterocycles. The van der Waals surface area contributed by atoms with Crippen LogP contribution < -0.4 is 21.3 Å². The normalized spacial score (nSPS) is 29.2. The summed E-state index contributed by atoms with van der Waals surface area (Å²) in [5, 5.41) is 11.3. The molecule has 2 heterocycles. The maximum atomic E-state index is 14.4. The Labute approximate surface area is 292 Å². The molecule has 4 aliphatic rings. The van der Waals surface area contributed by atoms with Gasteiger partial charge in [-0.05, 0) is 63.7 Å². The molecule has 5 atom stereocenters. The second kappa shape index (κ2) is 15.5. The monoisotopic (exact) mass is 705 g/mol. The summed E-state index contributed by atoms with van der Waals surface area (Å²) in [5.74, 6) is -2.54. The number of hydrogen-bond donors (Lipinski definition) is 4. The maximum absolute atomic E-state index is 14.4. The maximum Gasteiger partial charge on any atom is 0.315 e. The van der Waals surface area contributed by atoms with Gasteiger partial charge in [0.25, 0.3) is 5.91 Å². The average Bonchev–Trinajstić information content (AvgIpc) is 3.32. The van der Waals surface area contributed by atoms with Gasteiger partial charge in [-0.2, -0.15) is 0 Å². The minimum Gasteiger partial charge on any atom is -0.346 e. The summed E-state index contributed by atoms with van der Waals surface area (Å²) in [5.41, 5.74) is -1.12. The summed E-state index contributed by atoms with van der Waals surface area (Å²) >= 11 is 0. The van der Waals surface area contributed by atoms with Crippen molar-refractivity contribution in [3.8, 4) is 0 Å². The summed E-state index contributed by atoms with van der Waals surface area (Å²) < 4.78 is 25.7. The van der Waals surface area contributed by atoms with Crippen LogP contribution in [-0.2, 0) is 29.0 Å². The predicted molar refractivity (Wildman–Crippen MR) is 188 cm³/mol. The van der Waals surface area contributed by atoms with E-state index in [0.29, 0.717) is 45.1 Å². The average molecular weight is 706 g/mol. The smallest absolute Gasteiger partial charge is 0.315 e. The fourth-order valence-corrected chi connectivity index (χ4v) is 9.68. The van der Waals surface area contributed by atoms with Crippen molar-refractivity contribution in [2.24, 2.45) is 17.3 Å². The van der Waals surface area contributed by atoms with Crippen molar-refractivity contribution in [1.82, 2.24) is 26.2 Å². The van der Waals surface area contributed by atoms with E-state index in [4.69, 9.17) is 0 Å². The highest BCUT2D eigenvalue weighted by Gasteiger charge is 2.69. The summed E-state index contributed by atoms with van der Waals surface area (Å²) in [6.07, 6.45) is 10.6. The Balaban J connectivity index is 1.57. The molecule has 0 spiro atoms. The number of fused-ring (bicyclic) bond motifs is 3. The first-order valence-electron chi connectivity index (χ1n) is 18.3.